The van der Waals surface area contributed by atoms with Gasteiger partial charge in [-0.05, 0) is 25.2 Å². The minimum Gasteiger partial charge on any atom is -0.351 e. The second kappa shape index (κ2) is 3.60. The Morgan fingerprint density at radius 1 is 1.55 bits per heavy atom. The third-order valence-electron chi connectivity index (χ3n) is 2.28. The van der Waals surface area contributed by atoms with E-state index < -0.39 is 0 Å². The van der Waals surface area contributed by atoms with Crippen LogP contribution in [0.4, 0.5) is 4.79 Å². The fourth-order valence-corrected chi connectivity index (χ4v) is 1.40. The molecule has 0 aromatic carbocycles. The molecule has 0 aromatic heterocycles. The van der Waals surface area contributed by atoms with E-state index in [0.717, 1.165) is 32.4 Å². The third-order valence-corrected chi connectivity index (χ3v) is 2.28. The van der Waals surface area contributed by atoms with Gasteiger partial charge in [0, 0.05) is 13.1 Å². The van der Waals surface area contributed by atoms with E-state index >= 15 is 0 Å². The Bertz CT molecular complexity index is 139. The zero-order chi connectivity index (χ0) is 8.27. The van der Waals surface area contributed by atoms with Crippen molar-refractivity contribution >= 4 is 6.03 Å². The fraction of sp³-hybridized carbons (Fsp3) is 0.750. The maximum Gasteiger partial charge on any atom is 0.314 e. The smallest absolute Gasteiger partial charge is 0.314 e. The van der Waals surface area contributed by atoms with Crippen LogP contribution in [0.5, 0.6) is 0 Å². The molecule has 1 radical (unpaired) electrons. The molecule has 0 bridgehead atoms. The summed E-state index contributed by atoms with van der Waals surface area (Å²) in [6.45, 7) is 3.80. The topological polar surface area (TPSA) is 46.3 Å². The first-order chi connectivity index (χ1) is 5.24. The van der Waals surface area contributed by atoms with E-state index in [1.807, 2.05) is 0 Å². The molecule has 0 atom stereocenters. The highest BCUT2D eigenvalue weighted by Gasteiger charge is 2.19. The maximum atomic E-state index is 10.7. The molecule has 1 aliphatic heterocycles. The Hall–Kier alpha value is -0.730. The van der Waals surface area contributed by atoms with Crippen LogP contribution >= 0.6 is 0 Å². The molecule has 2 amide bonds. The van der Waals surface area contributed by atoms with Crippen molar-refractivity contribution in [3.8, 4) is 0 Å². The maximum absolute atomic E-state index is 10.7. The molecule has 0 aromatic rings. The van der Waals surface area contributed by atoms with E-state index in [-0.39, 0.29) is 6.03 Å². The van der Waals surface area contributed by atoms with Gasteiger partial charge in [-0.25, -0.2) is 4.79 Å². The van der Waals surface area contributed by atoms with Crippen LogP contribution in [0.3, 0.4) is 0 Å². The summed E-state index contributed by atoms with van der Waals surface area (Å²) in [7, 11) is 0. The lowest BCUT2D eigenvalue weighted by Gasteiger charge is -2.29. The van der Waals surface area contributed by atoms with Crippen molar-refractivity contribution in [1.29, 1.82) is 0 Å². The van der Waals surface area contributed by atoms with Crippen LogP contribution in [0.1, 0.15) is 26.2 Å². The highest BCUT2D eigenvalue weighted by molar-refractivity contribution is 5.72. The quantitative estimate of drug-likeness (QED) is 0.606. The van der Waals surface area contributed by atoms with Gasteiger partial charge in [-0.15, -0.1) is 0 Å². The number of nitrogens with zero attached hydrogens (tertiary/aromatic N) is 1. The minimum atomic E-state index is -0.278. The molecule has 11 heavy (non-hydrogen) atoms. The van der Waals surface area contributed by atoms with Crippen molar-refractivity contribution in [3.63, 3.8) is 0 Å². The number of amides is 2. The van der Waals surface area contributed by atoms with Gasteiger partial charge in [0.1, 0.15) is 0 Å². The SMILES string of the molecule is CC[C]1CCN(C(N)=O)CC1. The molecule has 1 fully saturated rings. The highest BCUT2D eigenvalue weighted by atomic mass is 16.2. The van der Waals surface area contributed by atoms with Crippen LogP contribution in [-0.4, -0.2) is 24.0 Å². The molecule has 0 unspecified atom stereocenters. The predicted octanol–water partition coefficient (Wildman–Crippen LogP) is 1.15. The number of hydrogen-bond acceptors (Lipinski definition) is 1. The number of likely N-dealkylation sites (tertiary alicyclic amines) is 1. The molecule has 1 heterocycles. The monoisotopic (exact) mass is 155 g/mol. The summed E-state index contributed by atoms with van der Waals surface area (Å²) in [5.41, 5.74) is 5.13. The summed E-state index contributed by atoms with van der Waals surface area (Å²) in [4.78, 5) is 12.4. The first-order valence-corrected chi connectivity index (χ1v) is 4.12. The lowest BCUT2D eigenvalue weighted by atomic mass is 9.95. The van der Waals surface area contributed by atoms with Gasteiger partial charge in [0.2, 0.25) is 0 Å². The van der Waals surface area contributed by atoms with Gasteiger partial charge in [-0.3, -0.25) is 0 Å². The molecule has 0 saturated carbocycles. The largest absolute Gasteiger partial charge is 0.351 e. The van der Waals surface area contributed by atoms with Gasteiger partial charge in [0.25, 0.3) is 0 Å². The zero-order valence-corrected chi connectivity index (χ0v) is 6.97. The van der Waals surface area contributed by atoms with Gasteiger partial charge in [0.05, 0.1) is 0 Å². The molecule has 3 nitrogen and oxygen atoms in total. The molecule has 1 saturated heterocycles. The zero-order valence-electron chi connectivity index (χ0n) is 6.97. The summed E-state index contributed by atoms with van der Waals surface area (Å²) in [5, 5.41) is 0. The van der Waals surface area contributed by atoms with Crippen molar-refractivity contribution < 1.29 is 4.79 Å². The summed E-state index contributed by atoms with van der Waals surface area (Å²) < 4.78 is 0. The summed E-state index contributed by atoms with van der Waals surface area (Å²) in [6, 6.07) is -0.278. The van der Waals surface area contributed by atoms with Gasteiger partial charge in [0.15, 0.2) is 0 Å². The molecular formula is C8H15N2O. The van der Waals surface area contributed by atoms with Crippen LogP contribution < -0.4 is 5.73 Å². The summed E-state index contributed by atoms with van der Waals surface area (Å²) >= 11 is 0. The second-order valence-electron chi connectivity index (χ2n) is 2.93. The van der Waals surface area contributed by atoms with E-state index in [4.69, 9.17) is 5.73 Å². The normalized spacial score (nSPS) is 20.3. The lowest BCUT2D eigenvalue weighted by Crippen LogP contribution is -2.41. The molecule has 1 aliphatic rings. The molecule has 63 valence electrons. The van der Waals surface area contributed by atoms with Crippen LogP contribution in [0, 0.1) is 5.92 Å². The Morgan fingerprint density at radius 2 is 2.09 bits per heavy atom. The number of nitrogens with two attached hydrogens (primary N) is 1. The van der Waals surface area contributed by atoms with E-state index in [1.54, 1.807) is 10.8 Å². The molecule has 3 heteroatoms. The van der Waals surface area contributed by atoms with Gasteiger partial charge >= 0.3 is 6.03 Å². The van der Waals surface area contributed by atoms with Gasteiger partial charge in [-0.1, -0.05) is 6.92 Å². The van der Waals surface area contributed by atoms with Crippen molar-refractivity contribution in [2.45, 2.75) is 26.2 Å². The predicted molar refractivity (Wildman–Crippen MR) is 43.9 cm³/mol. The number of primary amides is 1. The first-order valence-electron chi connectivity index (χ1n) is 4.12. The van der Waals surface area contributed by atoms with Crippen molar-refractivity contribution in [2.24, 2.45) is 5.73 Å². The van der Waals surface area contributed by atoms with Crippen molar-refractivity contribution in [3.05, 3.63) is 5.92 Å². The Balaban J connectivity index is 2.30. The molecule has 0 aliphatic carbocycles. The van der Waals surface area contributed by atoms with E-state index in [0.29, 0.717) is 0 Å². The molecule has 1 rings (SSSR count). The van der Waals surface area contributed by atoms with Gasteiger partial charge < -0.3 is 10.6 Å². The number of carbonyl (C=O) groups excluding carboxylic acids is 1. The second-order valence-corrected chi connectivity index (χ2v) is 2.93. The van der Waals surface area contributed by atoms with E-state index in [1.165, 1.54) is 0 Å². The van der Waals surface area contributed by atoms with Crippen molar-refractivity contribution in [1.82, 2.24) is 4.90 Å². The Kier molecular flexibility index (Phi) is 2.74. The Labute approximate surface area is 67.5 Å². The average molecular weight is 155 g/mol. The Morgan fingerprint density at radius 3 is 2.45 bits per heavy atom. The molecule has 0 spiro atoms. The number of urea groups is 1. The van der Waals surface area contributed by atoms with Crippen LogP contribution in [-0.2, 0) is 0 Å². The van der Waals surface area contributed by atoms with Crippen LogP contribution in [0.25, 0.3) is 0 Å². The first kappa shape index (κ1) is 8.37. The molecular weight excluding hydrogens is 140 g/mol. The number of piperidine rings is 1. The van der Waals surface area contributed by atoms with Crippen LogP contribution in [0.2, 0.25) is 0 Å². The lowest BCUT2D eigenvalue weighted by molar-refractivity contribution is 0.199. The average Bonchev–Trinajstić information content (AvgIpc) is 2.05. The number of rotatable bonds is 1. The minimum absolute atomic E-state index is 0.278. The van der Waals surface area contributed by atoms with E-state index in [2.05, 4.69) is 6.92 Å². The number of carbonyl (C=O) groups is 1. The fourth-order valence-electron chi connectivity index (χ4n) is 1.40. The number of hydrogen-bond donors (Lipinski definition) is 1. The third kappa shape index (κ3) is 2.10. The van der Waals surface area contributed by atoms with Crippen molar-refractivity contribution in [2.75, 3.05) is 13.1 Å². The summed E-state index contributed by atoms with van der Waals surface area (Å²) in [6.07, 6.45) is 3.23. The van der Waals surface area contributed by atoms with Crippen LogP contribution in [0.15, 0.2) is 0 Å². The van der Waals surface area contributed by atoms with Gasteiger partial charge in [-0.2, -0.15) is 0 Å². The highest BCUT2D eigenvalue weighted by Crippen LogP contribution is 2.21. The van der Waals surface area contributed by atoms with E-state index in [9.17, 15) is 4.79 Å². The summed E-state index contributed by atoms with van der Waals surface area (Å²) in [5.74, 6) is 1.56. The standard InChI is InChI=1S/C8H15N2O/c1-2-7-3-5-10(6-4-7)8(9)11/h2-6H2,1H3,(H2,9,11). The molecule has 2 N–H and O–H groups in total.